The number of rotatable bonds is 3. The van der Waals surface area contributed by atoms with Crippen molar-refractivity contribution < 1.29 is 9.47 Å². The molecule has 1 aliphatic heterocycles. The fourth-order valence-electron chi connectivity index (χ4n) is 2.63. The molecule has 7 heteroatoms. The smallest absolute Gasteiger partial charge is 0.178 e. The van der Waals surface area contributed by atoms with Crippen molar-refractivity contribution in [3.8, 4) is 11.5 Å². The summed E-state index contributed by atoms with van der Waals surface area (Å²) >= 11 is 0. The van der Waals surface area contributed by atoms with E-state index in [0.29, 0.717) is 13.2 Å². The van der Waals surface area contributed by atoms with Crippen LogP contribution < -0.4 is 14.4 Å². The minimum absolute atomic E-state index is 0.595. The Morgan fingerprint density at radius 2 is 1.91 bits per heavy atom. The Hall–Kier alpha value is -2.83. The van der Waals surface area contributed by atoms with E-state index < -0.39 is 0 Å². The average Bonchev–Trinajstić information content (AvgIpc) is 2.95. The molecule has 0 N–H and O–H groups in total. The van der Waals surface area contributed by atoms with Crippen LogP contribution in [0.4, 0.5) is 5.82 Å². The summed E-state index contributed by atoms with van der Waals surface area (Å²) in [6, 6.07) is 9.89. The van der Waals surface area contributed by atoms with Crippen molar-refractivity contribution in [1.29, 1.82) is 0 Å². The zero-order valence-electron chi connectivity index (χ0n) is 13.1. The van der Waals surface area contributed by atoms with Gasteiger partial charge in [0.05, 0.1) is 0 Å². The fraction of sp³-hybridized carbons (Fsp3) is 0.312. The maximum atomic E-state index is 5.63. The van der Waals surface area contributed by atoms with E-state index in [4.69, 9.17) is 9.47 Å². The van der Waals surface area contributed by atoms with Gasteiger partial charge in [-0.1, -0.05) is 6.07 Å². The first-order valence-electron chi connectivity index (χ1n) is 7.49. The van der Waals surface area contributed by atoms with Crippen LogP contribution in [0.15, 0.2) is 30.3 Å². The molecule has 1 aromatic carbocycles. The number of nitrogens with zero attached hydrogens (tertiary/aromatic N) is 5. The van der Waals surface area contributed by atoms with Crippen LogP contribution in [0.3, 0.4) is 0 Å². The molecule has 0 atom stereocenters. The molecule has 1 aliphatic rings. The van der Waals surface area contributed by atoms with Crippen molar-refractivity contribution in [3.05, 3.63) is 41.7 Å². The first-order valence-corrected chi connectivity index (χ1v) is 7.49. The Balaban J connectivity index is 1.58. The molecule has 0 aliphatic carbocycles. The van der Waals surface area contributed by atoms with Crippen LogP contribution in [0.25, 0.3) is 5.65 Å². The molecule has 2 aromatic heterocycles. The molecule has 118 valence electrons. The van der Waals surface area contributed by atoms with Gasteiger partial charge in [0.1, 0.15) is 19.0 Å². The van der Waals surface area contributed by atoms with Crippen molar-refractivity contribution in [2.75, 3.05) is 25.2 Å². The van der Waals surface area contributed by atoms with Gasteiger partial charge < -0.3 is 14.4 Å². The van der Waals surface area contributed by atoms with Crippen LogP contribution in [0.1, 0.15) is 11.4 Å². The quantitative estimate of drug-likeness (QED) is 0.735. The second-order valence-electron chi connectivity index (χ2n) is 5.54. The highest BCUT2D eigenvalue weighted by atomic mass is 16.6. The molecule has 3 heterocycles. The summed E-state index contributed by atoms with van der Waals surface area (Å²) in [5.41, 5.74) is 1.89. The van der Waals surface area contributed by atoms with E-state index in [9.17, 15) is 0 Å². The minimum atomic E-state index is 0.595. The maximum Gasteiger partial charge on any atom is 0.178 e. The zero-order valence-corrected chi connectivity index (χ0v) is 13.1. The number of hydrogen-bond acceptors (Lipinski definition) is 6. The van der Waals surface area contributed by atoms with Crippen LogP contribution in [0.2, 0.25) is 0 Å². The first kappa shape index (κ1) is 13.8. The first-order chi connectivity index (χ1) is 11.2. The molecule has 0 saturated heterocycles. The van der Waals surface area contributed by atoms with Gasteiger partial charge in [0.15, 0.2) is 23.0 Å². The second-order valence-corrected chi connectivity index (χ2v) is 5.54. The maximum absolute atomic E-state index is 5.63. The minimum Gasteiger partial charge on any atom is -0.486 e. The Kier molecular flexibility index (Phi) is 3.25. The van der Waals surface area contributed by atoms with Gasteiger partial charge in [-0.2, -0.15) is 4.52 Å². The Bertz CT molecular complexity index is 861. The predicted octanol–water partition coefficient (Wildman–Crippen LogP) is 1.84. The van der Waals surface area contributed by atoms with Gasteiger partial charge >= 0.3 is 0 Å². The normalized spacial score (nSPS) is 13.3. The topological polar surface area (TPSA) is 64.8 Å². The lowest BCUT2D eigenvalue weighted by Gasteiger charge is -2.21. The summed E-state index contributed by atoms with van der Waals surface area (Å²) in [5, 5.41) is 12.7. The van der Waals surface area contributed by atoms with Gasteiger partial charge in [-0.25, -0.2) is 0 Å². The van der Waals surface area contributed by atoms with Crippen LogP contribution in [-0.4, -0.2) is 40.1 Å². The van der Waals surface area contributed by atoms with Gasteiger partial charge in [0.25, 0.3) is 0 Å². The second kappa shape index (κ2) is 5.42. The molecule has 7 nitrogen and oxygen atoms in total. The molecule has 0 amide bonds. The number of anilines is 1. The molecule has 0 unspecified atom stereocenters. The number of benzene rings is 1. The summed E-state index contributed by atoms with van der Waals surface area (Å²) in [4.78, 5) is 2.07. The Morgan fingerprint density at radius 1 is 1.09 bits per heavy atom. The highest BCUT2D eigenvalue weighted by Crippen LogP contribution is 2.31. The lowest BCUT2D eigenvalue weighted by molar-refractivity contribution is 0.171. The van der Waals surface area contributed by atoms with E-state index >= 15 is 0 Å². The third-order valence-electron chi connectivity index (χ3n) is 3.82. The van der Waals surface area contributed by atoms with Crippen LogP contribution in [0.5, 0.6) is 11.5 Å². The van der Waals surface area contributed by atoms with E-state index in [1.807, 2.05) is 44.3 Å². The van der Waals surface area contributed by atoms with Gasteiger partial charge in [-0.15, -0.1) is 15.3 Å². The lowest BCUT2D eigenvalue weighted by Crippen LogP contribution is -2.20. The highest BCUT2D eigenvalue weighted by Gasteiger charge is 2.13. The molecule has 0 fully saturated rings. The number of aromatic nitrogens is 4. The summed E-state index contributed by atoms with van der Waals surface area (Å²) in [6.07, 6.45) is 0. The van der Waals surface area contributed by atoms with E-state index in [-0.39, 0.29) is 0 Å². The highest BCUT2D eigenvalue weighted by molar-refractivity contribution is 5.48. The summed E-state index contributed by atoms with van der Waals surface area (Å²) in [6.45, 7) is 3.81. The molecule has 0 spiro atoms. The summed E-state index contributed by atoms with van der Waals surface area (Å²) in [7, 11) is 2.00. The number of hydrogen-bond donors (Lipinski definition) is 0. The molecule has 0 radical (unpaired) electrons. The molecule has 23 heavy (non-hydrogen) atoms. The monoisotopic (exact) mass is 311 g/mol. The SMILES string of the molecule is Cc1nnc2ccc(N(C)Cc3ccc4c(c3)OCCO4)nn12. The van der Waals surface area contributed by atoms with E-state index in [1.54, 1.807) is 4.52 Å². The number of aryl methyl sites for hydroxylation is 1. The van der Waals surface area contributed by atoms with Crippen molar-refractivity contribution in [3.63, 3.8) is 0 Å². The van der Waals surface area contributed by atoms with Gasteiger partial charge in [0.2, 0.25) is 0 Å². The van der Waals surface area contributed by atoms with Gasteiger partial charge in [0, 0.05) is 13.6 Å². The third-order valence-corrected chi connectivity index (χ3v) is 3.82. The van der Waals surface area contributed by atoms with E-state index in [1.165, 1.54) is 0 Å². The molecule has 3 aromatic rings. The largest absolute Gasteiger partial charge is 0.486 e. The molecule has 0 saturated carbocycles. The van der Waals surface area contributed by atoms with Crippen molar-refractivity contribution in [2.24, 2.45) is 0 Å². The summed E-state index contributed by atoms with van der Waals surface area (Å²) in [5.74, 6) is 3.24. The zero-order chi connectivity index (χ0) is 15.8. The predicted molar refractivity (Wildman–Crippen MR) is 85.1 cm³/mol. The van der Waals surface area contributed by atoms with Gasteiger partial charge in [-0.3, -0.25) is 0 Å². The van der Waals surface area contributed by atoms with Crippen LogP contribution >= 0.6 is 0 Å². The summed E-state index contributed by atoms with van der Waals surface area (Å²) < 4.78 is 12.9. The van der Waals surface area contributed by atoms with Crippen molar-refractivity contribution in [1.82, 2.24) is 19.8 Å². The van der Waals surface area contributed by atoms with Crippen molar-refractivity contribution >= 4 is 11.5 Å². The van der Waals surface area contributed by atoms with E-state index in [2.05, 4.69) is 20.2 Å². The number of ether oxygens (including phenoxy) is 2. The Labute approximate surface area is 133 Å². The lowest BCUT2D eigenvalue weighted by atomic mass is 10.2. The number of fused-ring (bicyclic) bond motifs is 2. The standard InChI is InChI=1S/C16H17N5O2/c1-11-17-18-15-5-6-16(19-21(11)15)20(2)10-12-3-4-13-14(9-12)23-8-7-22-13/h3-6,9H,7-8,10H2,1-2H3. The van der Waals surface area contributed by atoms with Gasteiger partial charge in [-0.05, 0) is 36.8 Å². The molecule has 4 rings (SSSR count). The molecular weight excluding hydrogens is 294 g/mol. The third kappa shape index (κ3) is 2.54. The average molecular weight is 311 g/mol. The molecule has 0 bridgehead atoms. The Morgan fingerprint density at radius 3 is 2.78 bits per heavy atom. The van der Waals surface area contributed by atoms with Crippen LogP contribution in [0, 0.1) is 6.92 Å². The fourth-order valence-corrected chi connectivity index (χ4v) is 2.63. The van der Waals surface area contributed by atoms with Crippen molar-refractivity contribution in [2.45, 2.75) is 13.5 Å². The van der Waals surface area contributed by atoms with E-state index in [0.717, 1.165) is 40.9 Å². The molecular formula is C16H17N5O2. The van der Waals surface area contributed by atoms with Crippen LogP contribution in [-0.2, 0) is 6.54 Å².